The van der Waals surface area contributed by atoms with Crippen molar-refractivity contribution in [3.63, 3.8) is 0 Å². The molecule has 0 saturated carbocycles. The first-order valence-electron chi connectivity index (χ1n) is 7.74. The monoisotopic (exact) mass is 346 g/mol. The summed E-state index contributed by atoms with van der Waals surface area (Å²) >= 11 is 0. The fourth-order valence-electron chi connectivity index (χ4n) is 2.36. The lowest BCUT2D eigenvalue weighted by Crippen LogP contribution is -2.41. The van der Waals surface area contributed by atoms with E-state index < -0.39 is 10.0 Å². The summed E-state index contributed by atoms with van der Waals surface area (Å²) in [5.41, 5.74) is 1.74. The molecule has 0 aromatic heterocycles. The summed E-state index contributed by atoms with van der Waals surface area (Å²) in [5.74, 6) is -0.262. The number of para-hydroxylation sites is 1. The highest BCUT2D eigenvalue weighted by atomic mass is 32.2. The number of carbonyl (C=O) groups is 1. The molecule has 24 heavy (non-hydrogen) atoms. The first-order chi connectivity index (χ1) is 11.4. The van der Waals surface area contributed by atoms with Crippen molar-refractivity contribution in [1.29, 1.82) is 0 Å². The fraction of sp³-hybridized carbons (Fsp3) is 0.278. The van der Waals surface area contributed by atoms with Gasteiger partial charge in [-0.15, -0.1) is 0 Å². The molecule has 0 aliphatic rings. The summed E-state index contributed by atoms with van der Waals surface area (Å²) in [4.78, 5) is 14.3. The average molecular weight is 346 g/mol. The van der Waals surface area contributed by atoms with Crippen molar-refractivity contribution in [1.82, 2.24) is 4.31 Å². The van der Waals surface area contributed by atoms with E-state index in [9.17, 15) is 13.2 Å². The summed E-state index contributed by atoms with van der Waals surface area (Å²) in [6.07, 6.45) is 0. The minimum absolute atomic E-state index is 0.186. The molecule has 0 radical (unpaired) electrons. The molecule has 1 amide bonds. The van der Waals surface area contributed by atoms with Gasteiger partial charge in [-0.3, -0.25) is 4.79 Å². The molecule has 2 aromatic rings. The van der Waals surface area contributed by atoms with Crippen molar-refractivity contribution >= 4 is 21.6 Å². The van der Waals surface area contributed by atoms with Crippen LogP contribution < -0.4 is 4.90 Å². The number of aryl methyl sites for hydroxylation is 1. The van der Waals surface area contributed by atoms with Crippen molar-refractivity contribution in [2.45, 2.75) is 18.7 Å². The number of hydrogen-bond donors (Lipinski definition) is 0. The highest BCUT2D eigenvalue weighted by molar-refractivity contribution is 7.89. The molecular formula is C18H22N2O3S. The lowest BCUT2D eigenvalue weighted by atomic mass is 10.2. The maximum Gasteiger partial charge on any atom is 0.243 e. The van der Waals surface area contributed by atoms with Crippen molar-refractivity contribution < 1.29 is 13.2 Å². The fourth-order valence-corrected chi connectivity index (χ4v) is 3.48. The molecule has 0 heterocycles. The molecule has 0 N–H and O–H groups in total. The van der Waals surface area contributed by atoms with E-state index in [4.69, 9.17) is 0 Å². The first kappa shape index (κ1) is 18.2. The predicted octanol–water partition coefficient (Wildman–Crippen LogP) is 2.67. The second-order valence-electron chi connectivity index (χ2n) is 5.55. The standard InChI is InChI=1S/C18H22N2O3S/c1-4-20(16-8-6-5-7-9-16)18(21)14-19(3)24(22,23)17-12-10-15(2)11-13-17/h5-13H,4,14H2,1-3H3. The number of anilines is 1. The van der Waals surface area contributed by atoms with Gasteiger partial charge in [-0.25, -0.2) is 8.42 Å². The molecule has 0 fully saturated rings. The van der Waals surface area contributed by atoms with Gasteiger partial charge in [0.1, 0.15) is 0 Å². The van der Waals surface area contributed by atoms with Crippen molar-refractivity contribution in [3.8, 4) is 0 Å². The van der Waals surface area contributed by atoms with E-state index in [0.717, 1.165) is 15.6 Å². The van der Waals surface area contributed by atoms with E-state index in [-0.39, 0.29) is 17.3 Å². The molecule has 0 unspecified atom stereocenters. The van der Waals surface area contributed by atoms with Gasteiger partial charge >= 0.3 is 0 Å². The Morgan fingerprint density at radius 2 is 1.58 bits per heavy atom. The predicted molar refractivity (Wildman–Crippen MR) is 95.5 cm³/mol. The minimum Gasteiger partial charge on any atom is -0.312 e. The number of hydrogen-bond acceptors (Lipinski definition) is 3. The van der Waals surface area contributed by atoms with Gasteiger partial charge in [-0.2, -0.15) is 4.31 Å². The summed E-state index contributed by atoms with van der Waals surface area (Å²) in [6, 6.07) is 15.8. The first-order valence-corrected chi connectivity index (χ1v) is 9.18. The number of likely N-dealkylation sites (N-methyl/N-ethyl adjacent to an activating group) is 2. The van der Waals surface area contributed by atoms with Gasteiger partial charge in [0.05, 0.1) is 11.4 Å². The third kappa shape index (κ3) is 4.01. The van der Waals surface area contributed by atoms with Gasteiger partial charge in [0.2, 0.25) is 15.9 Å². The Morgan fingerprint density at radius 1 is 1.00 bits per heavy atom. The third-order valence-electron chi connectivity index (χ3n) is 3.77. The summed E-state index contributed by atoms with van der Waals surface area (Å²) in [6.45, 7) is 4.02. The zero-order valence-electron chi connectivity index (χ0n) is 14.1. The highest BCUT2D eigenvalue weighted by Crippen LogP contribution is 2.17. The smallest absolute Gasteiger partial charge is 0.243 e. The molecule has 0 aliphatic heterocycles. The van der Waals surface area contributed by atoms with Crippen LogP contribution in [0.5, 0.6) is 0 Å². The molecule has 2 rings (SSSR count). The molecule has 128 valence electrons. The number of benzene rings is 2. The van der Waals surface area contributed by atoms with Gasteiger partial charge in [-0.1, -0.05) is 35.9 Å². The lowest BCUT2D eigenvalue weighted by Gasteiger charge is -2.24. The molecule has 6 heteroatoms. The SMILES string of the molecule is CCN(C(=O)CN(C)S(=O)(=O)c1ccc(C)cc1)c1ccccc1. The van der Waals surface area contributed by atoms with Gasteiger partial charge in [0.15, 0.2) is 0 Å². The zero-order valence-corrected chi connectivity index (χ0v) is 15.0. The Kier molecular flexibility index (Phi) is 5.75. The maximum atomic E-state index is 12.6. The second kappa shape index (κ2) is 7.59. The quantitative estimate of drug-likeness (QED) is 0.808. The van der Waals surface area contributed by atoms with E-state index in [1.165, 1.54) is 7.05 Å². The molecule has 0 spiro atoms. The number of sulfonamides is 1. The number of carbonyl (C=O) groups excluding carboxylic acids is 1. The zero-order chi connectivity index (χ0) is 17.7. The van der Waals surface area contributed by atoms with Crippen molar-refractivity contribution in [2.75, 3.05) is 25.0 Å². The van der Waals surface area contributed by atoms with Crippen LogP contribution in [0.2, 0.25) is 0 Å². The normalized spacial score (nSPS) is 11.5. The van der Waals surface area contributed by atoms with Crippen molar-refractivity contribution in [3.05, 3.63) is 60.2 Å². The van der Waals surface area contributed by atoms with Crippen LogP contribution in [0, 0.1) is 6.92 Å². The van der Waals surface area contributed by atoms with Crippen LogP contribution in [0.3, 0.4) is 0 Å². The van der Waals surface area contributed by atoms with Crippen LogP contribution in [0.1, 0.15) is 12.5 Å². The van der Waals surface area contributed by atoms with E-state index in [1.54, 1.807) is 29.2 Å². The molecule has 0 bridgehead atoms. The van der Waals surface area contributed by atoms with Gasteiger partial charge in [-0.05, 0) is 38.1 Å². The van der Waals surface area contributed by atoms with E-state index in [2.05, 4.69) is 0 Å². The Labute approximate surface area is 143 Å². The van der Waals surface area contributed by atoms with Crippen LogP contribution >= 0.6 is 0 Å². The molecule has 0 atom stereocenters. The second-order valence-corrected chi connectivity index (χ2v) is 7.59. The Bertz CT molecular complexity index is 787. The van der Waals surface area contributed by atoms with Gasteiger partial charge in [0.25, 0.3) is 0 Å². The summed E-state index contributed by atoms with van der Waals surface area (Å²) in [7, 11) is -2.27. The molecule has 5 nitrogen and oxygen atoms in total. The summed E-state index contributed by atoms with van der Waals surface area (Å²) < 4.78 is 26.3. The van der Waals surface area contributed by atoms with Gasteiger partial charge in [0, 0.05) is 19.3 Å². The molecule has 0 saturated heterocycles. The molecule has 2 aromatic carbocycles. The van der Waals surface area contributed by atoms with Crippen molar-refractivity contribution in [2.24, 2.45) is 0 Å². The van der Waals surface area contributed by atoms with Crippen LogP contribution in [0.25, 0.3) is 0 Å². The van der Waals surface area contributed by atoms with Crippen LogP contribution in [-0.4, -0.2) is 38.8 Å². The molecule has 0 aliphatic carbocycles. The maximum absolute atomic E-state index is 12.6. The lowest BCUT2D eigenvalue weighted by molar-refractivity contribution is -0.118. The topological polar surface area (TPSA) is 57.7 Å². The molecular weight excluding hydrogens is 324 g/mol. The number of rotatable bonds is 6. The van der Waals surface area contributed by atoms with Crippen LogP contribution in [0.4, 0.5) is 5.69 Å². The van der Waals surface area contributed by atoms with Gasteiger partial charge < -0.3 is 4.90 Å². The number of nitrogens with zero attached hydrogens (tertiary/aromatic N) is 2. The van der Waals surface area contributed by atoms with Crippen LogP contribution in [-0.2, 0) is 14.8 Å². The number of amides is 1. The average Bonchev–Trinajstić information content (AvgIpc) is 2.57. The third-order valence-corrected chi connectivity index (χ3v) is 5.59. The van der Waals surface area contributed by atoms with E-state index in [0.29, 0.717) is 6.54 Å². The Hall–Kier alpha value is -2.18. The Morgan fingerprint density at radius 3 is 2.12 bits per heavy atom. The van der Waals surface area contributed by atoms with E-state index >= 15 is 0 Å². The Balaban J connectivity index is 2.17. The van der Waals surface area contributed by atoms with Crippen LogP contribution in [0.15, 0.2) is 59.5 Å². The van der Waals surface area contributed by atoms with E-state index in [1.807, 2.05) is 44.2 Å². The highest BCUT2D eigenvalue weighted by Gasteiger charge is 2.25. The summed E-state index contributed by atoms with van der Waals surface area (Å²) in [5, 5.41) is 0. The largest absolute Gasteiger partial charge is 0.312 e. The minimum atomic E-state index is -3.69.